The first kappa shape index (κ1) is 20.9. The molecule has 0 radical (unpaired) electrons. The lowest BCUT2D eigenvalue weighted by Gasteiger charge is -2.20. The molecule has 0 saturated carbocycles. The summed E-state index contributed by atoms with van der Waals surface area (Å²) < 4.78 is 0. The molecule has 0 aromatic heterocycles. The van der Waals surface area contributed by atoms with E-state index in [4.69, 9.17) is 0 Å². The Kier molecular flexibility index (Phi) is 7.28. The maximum Gasteiger partial charge on any atom is 0.222 e. The maximum absolute atomic E-state index is 12.0. The lowest BCUT2D eigenvalue weighted by molar-refractivity contribution is -0.128. The molecule has 2 aromatic rings. The van der Waals surface area contributed by atoms with E-state index in [1.54, 1.807) is 7.05 Å². The maximum atomic E-state index is 12.0. The Labute approximate surface area is 174 Å². The number of nitrogens with zero attached hydrogens (tertiary/aromatic N) is 2. The number of aryl methyl sites for hydroxylation is 1. The van der Waals surface area contributed by atoms with Gasteiger partial charge < -0.3 is 15.5 Å². The third kappa shape index (κ3) is 5.83. The molecule has 1 unspecified atom stereocenters. The largest absolute Gasteiger partial charge is 0.356 e. The Bertz CT molecular complexity index is 844. The van der Waals surface area contributed by atoms with Gasteiger partial charge in [0.1, 0.15) is 0 Å². The number of hydrogen-bond donors (Lipinski definition) is 2. The summed E-state index contributed by atoms with van der Waals surface area (Å²) in [7, 11) is 1.79. The zero-order valence-electron chi connectivity index (χ0n) is 17.7. The number of aliphatic imine (C=N–C) groups is 1. The van der Waals surface area contributed by atoms with E-state index in [0.717, 1.165) is 25.5 Å². The summed E-state index contributed by atoms with van der Waals surface area (Å²) in [5.74, 6) is 1.44. The number of carbonyl (C=O) groups is 1. The van der Waals surface area contributed by atoms with Crippen LogP contribution >= 0.6 is 0 Å². The number of guanidine groups is 1. The highest BCUT2D eigenvalue weighted by molar-refractivity contribution is 5.80. The van der Waals surface area contributed by atoms with Gasteiger partial charge in [0.05, 0.1) is 0 Å². The fourth-order valence-electron chi connectivity index (χ4n) is 3.62. The second kappa shape index (κ2) is 10.1. The summed E-state index contributed by atoms with van der Waals surface area (Å²) in [6, 6.07) is 17.0. The lowest BCUT2D eigenvalue weighted by atomic mass is 10.0. The Balaban J connectivity index is 1.54. The van der Waals surface area contributed by atoms with Crippen LogP contribution in [0, 0.1) is 6.92 Å². The van der Waals surface area contributed by atoms with Crippen LogP contribution in [0.5, 0.6) is 0 Å². The van der Waals surface area contributed by atoms with Crippen molar-refractivity contribution in [3.8, 4) is 0 Å². The highest BCUT2D eigenvalue weighted by Crippen LogP contribution is 2.17. The topological polar surface area (TPSA) is 56.7 Å². The first-order valence-electron chi connectivity index (χ1n) is 10.4. The van der Waals surface area contributed by atoms with Gasteiger partial charge in [0.25, 0.3) is 0 Å². The first-order chi connectivity index (χ1) is 14.1. The van der Waals surface area contributed by atoms with Gasteiger partial charge >= 0.3 is 0 Å². The molecule has 1 amide bonds. The van der Waals surface area contributed by atoms with Crippen molar-refractivity contribution >= 4 is 11.9 Å². The SMILES string of the molecule is CN=C(NCc1ccccc1CN1CCCC1=O)NCC(C)c1ccc(C)cc1. The third-order valence-corrected chi connectivity index (χ3v) is 5.54. The summed E-state index contributed by atoms with van der Waals surface area (Å²) in [5, 5.41) is 6.84. The predicted octanol–water partition coefficient (Wildman–Crippen LogP) is 3.59. The smallest absolute Gasteiger partial charge is 0.222 e. The Morgan fingerprint density at radius 1 is 1.10 bits per heavy atom. The van der Waals surface area contributed by atoms with E-state index in [9.17, 15) is 4.79 Å². The van der Waals surface area contributed by atoms with Gasteiger partial charge in [0.15, 0.2) is 5.96 Å². The molecule has 0 aliphatic carbocycles. The van der Waals surface area contributed by atoms with Gasteiger partial charge in [-0.15, -0.1) is 0 Å². The Morgan fingerprint density at radius 3 is 2.48 bits per heavy atom. The van der Waals surface area contributed by atoms with Crippen molar-refractivity contribution < 1.29 is 4.79 Å². The molecular weight excluding hydrogens is 360 g/mol. The van der Waals surface area contributed by atoms with Crippen LogP contribution in [0.2, 0.25) is 0 Å². The minimum absolute atomic E-state index is 0.260. The van der Waals surface area contributed by atoms with Crippen molar-refractivity contribution in [1.82, 2.24) is 15.5 Å². The molecular formula is C24H32N4O. The van der Waals surface area contributed by atoms with E-state index < -0.39 is 0 Å². The summed E-state index contributed by atoms with van der Waals surface area (Å²) in [6.07, 6.45) is 1.64. The molecule has 0 bridgehead atoms. The molecule has 1 saturated heterocycles. The summed E-state index contributed by atoms with van der Waals surface area (Å²) in [6.45, 7) is 7.36. The second-order valence-electron chi connectivity index (χ2n) is 7.81. The quantitative estimate of drug-likeness (QED) is 0.559. The van der Waals surface area contributed by atoms with Crippen LogP contribution in [0.4, 0.5) is 0 Å². The Morgan fingerprint density at radius 2 is 1.83 bits per heavy atom. The molecule has 5 nitrogen and oxygen atoms in total. The number of carbonyl (C=O) groups excluding carboxylic acids is 1. The minimum Gasteiger partial charge on any atom is -0.356 e. The van der Waals surface area contributed by atoms with Gasteiger partial charge in [-0.05, 0) is 36.0 Å². The van der Waals surface area contributed by atoms with Gasteiger partial charge in [0.2, 0.25) is 5.91 Å². The summed E-state index contributed by atoms with van der Waals surface area (Å²) >= 11 is 0. The van der Waals surface area contributed by atoms with E-state index in [-0.39, 0.29) is 5.91 Å². The highest BCUT2D eigenvalue weighted by atomic mass is 16.2. The van der Waals surface area contributed by atoms with Crippen molar-refractivity contribution in [3.63, 3.8) is 0 Å². The molecule has 1 aliphatic heterocycles. The molecule has 1 atom stereocenters. The minimum atomic E-state index is 0.260. The number of rotatable bonds is 7. The lowest BCUT2D eigenvalue weighted by Crippen LogP contribution is -2.38. The van der Waals surface area contributed by atoms with Crippen LogP contribution < -0.4 is 10.6 Å². The summed E-state index contributed by atoms with van der Waals surface area (Å²) in [5.41, 5.74) is 4.99. The second-order valence-corrected chi connectivity index (χ2v) is 7.81. The molecule has 154 valence electrons. The third-order valence-electron chi connectivity index (χ3n) is 5.54. The van der Waals surface area contributed by atoms with Crippen LogP contribution in [0.15, 0.2) is 53.5 Å². The van der Waals surface area contributed by atoms with Crippen molar-refractivity contribution in [1.29, 1.82) is 0 Å². The van der Waals surface area contributed by atoms with E-state index in [1.807, 2.05) is 17.0 Å². The van der Waals surface area contributed by atoms with Gasteiger partial charge in [0, 0.05) is 39.6 Å². The highest BCUT2D eigenvalue weighted by Gasteiger charge is 2.20. The number of nitrogens with one attached hydrogen (secondary N) is 2. The van der Waals surface area contributed by atoms with Crippen LogP contribution in [-0.2, 0) is 17.9 Å². The van der Waals surface area contributed by atoms with E-state index >= 15 is 0 Å². The van der Waals surface area contributed by atoms with Gasteiger partial charge in [-0.3, -0.25) is 9.79 Å². The number of amides is 1. The van der Waals surface area contributed by atoms with Crippen molar-refractivity contribution in [2.24, 2.45) is 4.99 Å². The monoisotopic (exact) mass is 392 g/mol. The van der Waals surface area contributed by atoms with Crippen molar-refractivity contribution in [2.45, 2.75) is 45.7 Å². The zero-order chi connectivity index (χ0) is 20.6. The molecule has 1 aliphatic rings. The van der Waals surface area contributed by atoms with Crippen LogP contribution in [-0.4, -0.2) is 36.9 Å². The van der Waals surface area contributed by atoms with Gasteiger partial charge in [-0.2, -0.15) is 0 Å². The van der Waals surface area contributed by atoms with E-state index in [1.165, 1.54) is 22.3 Å². The number of benzene rings is 2. The number of likely N-dealkylation sites (tertiary alicyclic amines) is 1. The van der Waals surface area contributed by atoms with Crippen LogP contribution in [0.3, 0.4) is 0 Å². The predicted molar refractivity (Wildman–Crippen MR) is 119 cm³/mol. The van der Waals surface area contributed by atoms with E-state index in [2.05, 4.69) is 65.9 Å². The fourth-order valence-corrected chi connectivity index (χ4v) is 3.62. The Hall–Kier alpha value is -2.82. The first-order valence-corrected chi connectivity index (χ1v) is 10.4. The summed E-state index contributed by atoms with van der Waals surface area (Å²) in [4.78, 5) is 18.3. The van der Waals surface area contributed by atoms with Crippen LogP contribution in [0.1, 0.15) is 47.9 Å². The average Bonchev–Trinajstić information content (AvgIpc) is 3.14. The zero-order valence-corrected chi connectivity index (χ0v) is 17.7. The fraction of sp³-hybridized carbons (Fsp3) is 0.417. The molecule has 1 fully saturated rings. The van der Waals surface area contributed by atoms with Crippen LogP contribution in [0.25, 0.3) is 0 Å². The molecule has 29 heavy (non-hydrogen) atoms. The van der Waals surface area contributed by atoms with Crippen molar-refractivity contribution in [2.75, 3.05) is 20.1 Å². The molecule has 5 heteroatoms. The average molecular weight is 393 g/mol. The standard InChI is InChI=1S/C24H32N4O/c1-18-10-12-20(13-11-18)19(2)15-26-24(25-3)27-16-21-7-4-5-8-22(21)17-28-14-6-9-23(28)29/h4-5,7-8,10-13,19H,6,9,14-17H2,1-3H3,(H2,25,26,27). The normalized spacial score (nSPS) is 15.5. The molecule has 0 spiro atoms. The number of hydrogen-bond acceptors (Lipinski definition) is 2. The molecule has 2 aromatic carbocycles. The van der Waals surface area contributed by atoms with Gasteiger partial charge in [-0.1, -0.05) is 61.0 Å². The molecule has 1 heterocycles. The van der Waals surface area contributed by atoms with E-state index in [0.29, 0.717) is 25.4 Å². The van der Waals surface area contributed by atoms with Crippen molar-refractivity contribution in [3.05, 3.63) is 70.8 Å². The molecule has 3 rings (SSSR count). The molecule has 2 N–H and O–H groups in total. The van der Waals surface area contributed by atoms with Gasteiger partial charge in [-0.25, -0.2) is 0 Å².